The molecule has 2 fully saturated rings. The minimum atomic E-state index is -3.39. The van der Waals surface area contributed by atoms with Gasteiger partial charge in [-0.25, -0.2) is 8.42 Å². The molecule has 25 heavy (non-hydrogen) atoms. The zero-order valence-electron chi connectivity index (χ0n) is 14.9. The Morgan fingerprint density at radius 2 is 1.84 bits per heavy atom. The number of hydrogen-bond acceptors (Lipinski definition) is 4. The standard InChI is InChI=1S/C18H28N2O3S2/c1-2-20(15-8-4-5-9-15)17(21)14-16-10-11-18(24-16)25(22,23)19-12-6-3-7-13-19/h10-11,15H,2-9,12-14H2,1H3. The summed E-state index contributed by atoms with van der Waals surface area (Å²) in [5.74, 6) is 0.123. The van der Waals surface area contributed by atoms with Gasteiger partial charge in [-0.3, -0.25) is 4.79 Å². The highest BCUT2D eigenvalue weighted by molar-refractivity contribution is 7.91. The van der Waals surface area contributed by atoms with Crippen molar-refractivity contribution in [3.05, 3.63) is 17.0 Å². The van der Waals surface area contributed by atoms with Gasteiger partial charge in [-0.15, -0.1) is 11.3 Å². The van der Waals surface area contributed by atoms with E-state index >= 15 is 0 Å². The Kier molecular flexibility index (Phi) is 6.17. The molecule has 0 aromatic carbocycles. The normalized spacial score (nSPS) is 20.0. The number of rotatable bonds is 6. The summed E-state index contributed by atoms with van der Waals surface area (Å²) in [5, 5.41) is 0. The van der Waals surface area contributed by atoms with Gasteiger partial charge < -0.3 is 4.90 Å². The largest absolute Gasteiger partial charge is 0.340 e. The number of likely N-dealkylation sites (N-methyl/N-ethyl adjacent to an activating group) is 1. The Hall–Kier alpha value is -0.920. The zero-order chi connectivity index (χ0) is 17.9. The van der Waals surface area contributed by atoms with E-state index in [0.29, 0.717) is 29.8 Å². The molecule has 1 aromatic rings. The van der Waals surface area contributed by atoms with Crippen molar-refractivity contribution in [2.45, 2.75) is 68.5 Å². The molecule has 3 rings (SSSR count). The average Bonchev–Trinajstić information content (AvgIpc) is 3.29. The van der Waals surface area contributed by atoms with E-state index in [1.807, 2.05) is 17.9 Å². The summed E-state index contributed by atoms with van der Waals surface area (Å²) in [6, 6.07) is 3.85. The molecule has 1 saturated heterocycles. The summed E-state index contributed by atoms with van der Waals surface area (Å²) in [6.07, 6.45) is 7.87. The first-order valence-electron chi connectivity index (χ1n) is 9.40. The fraction of sp³-hybridized carbons (Fsp3) is 0.722. The molecule has 1 saturated carbocycles. The Bertz CT molecular complexity index is 687. The first-order valence-corrected chi connectivity index (χ1v) is 11.7. The predicted molar refractivity (Wildman–Crippen MR) is 100 cm³/mol. The van der Waals surface area contributed by atoms with Crippen molar-refractivity contribution >= 4 is 27.3 Å². The maximum Gasteiger partial charge on any atom is 0.252 e. The van der Waals surface area contributed by atoms with Crippen molar-refractivity contribution < 1.29 is 13.2 Å². The molecule has 1 aliphatic carbocycles. The highest BCUT2D eigenvalue weighted by atomic mass is 32.2. The molecule has 5 nitrogen and oxygen atoms in total. The number of sulfonamides is 1. The summed E-state index contributed by atoms with van der Waals surface area (Å²) in [5.41, 5.74) is 0. The van der Waals surface area contributed by atoms with Crippen LogP contribution in [0.15, 0.2) is 16.3 Å². The third kappa shape index (κ3) is 4.26. The van der Waals surface area contributed by atoms with Crippen molar-refractivity contribution in [1.29, 1.82) is 0 Å². The minimum absolute atomic E-state index is 0.123. The third-order valence-electron chi connectivity index (χ3n) is 5.30. The van der Waals surface area contributed by atoms with Gasteiger partial charge in [0.15, 0.2) is 0 Å². The number of carbonyl (C=O) groups is 1. The van der Waals surface area contributed by atoms with Gasteiger partial charge in [-0.1, -0.05) is 19.3 Å². The lowest BCUT2D eigenvalue weighted by molar-refractivity contribution is -0.132. The first-order chi connectivity index (χ1) is 12.0. The summed E-state index contributed by atoms with van der Waals surface area (Å²) in [4.78, 5) is 15.5. The van der Waals surface area contributed by atoms with Crippen LogP contribution >= 0.6 is 11.3 Å². The van der Waals surface area contributed by atoms with E-state index in [-0.39, 0.29) is 5.91 Å². The molecule has 0 bridgehead atoms. The quantitative estimate of drug-likeness (QED) is 0.756. The second kappa shape index (κ2) is 8.18. The van der Waals surface area contributed by atoms with E-state index in [9.17, 15) is 13.2 Å². The van der Waals surface area contributed by atoms with Gasteiger partial charge in [0.2, 0.25) is 5.91 Å². The smallest absolute Gasteiger partial charge is 0.252 e. The highest BCUT2D eigenvalue weighted by Gasteiger charge is 2.29. The summed E-state index contributed by atoms with van der Waals surface area (Å²) in [7, 11) is -3.39. The molecule has 1 aliphatic heterocycles. The molecule has 0 spiro atoms. The lowest BCUT2D eigenvalue weighted by atomic mass is 10.2. The van der Waals surface area contributed by atoms with Crippen LogP contribution in [0.3, 0.4) is 0 Å². The van der Waals surface area contributed by atoms with Gasteiger partial charge in [-0.05, 0) is 44.7 Å². The molecule has 0 N–H and O–H groups in total. The molecular weight excluding hydrogens is 356 g/mol. The molecule has 140 valence electrons. The van der Waals surface area contributed by atoms with E-state index in [0.717, 1.165) is 43.5 Å². The van der Waals surface area contributed by atoms with Crippen molar-refractivity contribution in [1.82, 2.24) is 9.21 Å². The number of hydrogen-bond donors (Lipinski definition) is 0. The maximum atomic E-state index is 12.7. The summed E-state index contributed by atoms with van der Waals surface area (Å²) < 4.78 is 27.4. The average molecular weight is 385 g/mol. The zero-order valence-corrected chi connectivity index (χ0v) is 16.6. The number of amides is 1. The highest BCUT2D eigenvalue weighted by Crippen LogP contribution is 2.29. The molecule has 7 heteroatoms. The monoisotopic (exact) mass is 384 g/mol. The molecule has 1 amide bonds. The van der Waals surface area contributed by atoms with E-state index < -0.39 is 10.0 Å². The van der Waals surface area contributed by atoms with Crippen molar-refractivity contribution in [2.75, 3.05) is 19.6 Å². The fourth-order valence-electron chi connectivity index (χ4n) is 3.93. The molecule has 1 aromatic heterocycles. The Morgan fingerprint density at radius 1 is 1.16 bits per heavy atom. The van der Waals surface area contributed by atoms with Gasteiger partial charge in [-0.2, -0.15) is 4.31 Å². The molecule has 2 heterocycles. The van der Waals surface area contributed by atoms with E-state index in [4.69, 9.17) is 0 Å². The van der Waals surface area contributed by atoms with Crippen molar-refractivity contribution in [3.8, 4) is 0 Å². The topological polar surface area (TPSA) is 57.7 Å². The van der Waals surface area contributed by atoms with Gasteiger partial charge in [0, 0.05) is 30.6 Å². The van der Waals surface area contributed by atoms with Crippen LogP contribution in [0.5, 0.6) is 0 Å². The Balaban J connectivity index is 1.67. The number of piperidine rings is 1. The predicted octanol–water partition coefficient (Wildman–Crippen LogP) is 3.26. The summed E-state index contributed by atoms with van der Waals surface area (Å²) >= 11 is 1.26. The Morgan fingerprint density at radius 3 is 2.48 bits per heavy atom. The number of carbonyl (C=O) groups excluding carboxylic acids is 1. The lowest BCUT2D eigenvalue weighted by Gasteiger charge is -2.27. The van der Waals surface area contributed by atoms with Crippen LogP contribution in [0.4, 0.5) is 0 Å². The Labute approximate surface area is 155 Å². The van der Waals surface area contributed by atoms with Gasteiger partial charge in [0.05, 0.1) is 6.42 Å². The van der Waals surface area contributed by atoms with Crippen LogP contribution in [0, 0.1) is 0 Å². The SMILES string of the molecule is CCN(C(=O)Cc1ccc(S(=O)(=O)N2CCCCC2)s1)C1CCCC1. The van der Waals surface area contributed by atoms with E-state index in [1.54, 1.807) is 10.4 Å². The van der Waals surface area contributed by atoms with E-state index in [1.165, 1.54) is 24.2 Å². The van der Waals surface area contributed by atoms with Crippen molar-refractivity contribution in [2.24, 2.45) is 0 Å². The molecular formula is C18H28N2O3S2. The third-order valence-corrected chi connectivity index (χ3v) is 8.75. The first kappa shape index (κ1) is 18.9. The van der Waals surface area contributed by atoms with Crippen LogP contribution in [-0.4, -0.2) is 49.2 Å². The number of thiophene rings is 1. The van der Waals surface area contributed by atoms with Gasteiger partial charge in [0.1, 0.15) is 4.21 Å². The molecule has 0 unspecified atom stereocenters. The summed E-state index contributed by atoms with van der Waals surface area (Å²) in [6.45, 7) is 3.98. The maximum absolute atomic E-state index is 12.7. The van der Waals surface area contributed by atoms with Crippen LogP contribution in [0.2, 0.25) is 0 Å². The second-order valence-corrected chi connectivity index (χ2v) is 10.3. The van der Waals surface area contributed by atoms with Crippen LogP contribution in [-0.2, 0) is 21.2 Å². The van der Waals surface area contributed by atoms with E-state index in [2.05, 4.69) is 0 Å². The van der Waals surface area contributed by atoms with Crippen LogP contribution < -0.4 is 0 Å². The van der Waals surface area contributed by atoms with Crippen molar-refractivity contribution in [3.63, 3.8) is 0 Å². The molecule has 2 aliphatic rings. The molecule has 0 atom stereocenters. The van der Waals surface area contributed by atoms with Crippen LogP contribution in [0.1, 0.15) is 56.7 Å². The molecule has 0 radical (unpaired) electrons. The van der Waals surface area contributed by atoms with Gasteiger partial charge >= 0.3 is 0 Å². The van der Waals surface area contributed by atoms with Gasteiger partial charge in [0.25, 0.3) is 10.0 Å². The van der Waals surface area contributed by atoms with Crippen LogP contribution in [0.25, 0.3) is 0 Å². The lowest BCUT2D eigenvalue weighted by Crippen LogP contribution is -2.39. The minimum Gasteiger partial charge on any atom is -0.340 e. The fourth-order valence-corrected chi connectivity index (χ4v) is 6.95. The second-order valence-electron chi connectivity index (χ2n) is 6.98. The number of nitrogens with zero attached hydrogens (tertiary/aromatic N) is 2.